The van der Waals surface area contributed by atoms with Gasteiger partial charge in [0.1, 0.15) is 0 Å². The van der Waals surface area contributed by atoms with Gasteiger partial charge in [-0.25, -0.2) is 4.79 Å². The van der Waals surface area contributed by atoms with Gasteiger partial charge in [0, 0.05) is 18.8 Å². The molecule has 100 valence electrons. The first-order chi connectivity index (χ1) is 8.58. The molecule has 0 unspecified atom stereocenters. The summed E-state index contributed by atoms with van der Waals surface area (Å²) in [5.74, 6) is -0.889. The maximum atomic E-state index is 11.1. The van der Waals surface area contributed by atoms with E-state index in [0.29, 0.717) is 11.3 Å². The lowest BCUT2D eigenvalue weighted by atomic mass is 10.1. The summed E-state index contributed by atoms with van der Waals surface area (Å²) in [6.45, 7) is 9.90. The molecule has 0 aliphatic rings. The van der Waals surface area contributed by atoms with E-state index in [1.54, 1.807) is 6.07 Å². The van der Waals surface area contributed by atoms with Crippen LogP contribution >= 0.6 is 0 Å². The Morgan fingerprint density at radius 1 is 1.33 bits per heavy atom. The van der Waals surface area contributed by atoms with E-state index in [-0.39, 0.29) is 0 Å². The highest BCUT2D eigenvalue weighted by Crippen LogP contribution is 2.17. The van der Waals surface area contributed by atoms with Crippen molar-refractivity contribution in [3.8, 4) is 0 Å². The summed E-state index contributed by atoms with van der Waals surface area (Å²) < 4.78 is 0. The first kappa shape index (κ1) is 14.5. The highest BCUT2D eigenvalue weighted by atomic mass is 16.4. The van der Waals surface area contributed by atoms with E-state index < -0.39 is 5.97 Å². The van der Waals surface area contributed by atoms with Crippen molar-refractivity contribution < 1.29 is 9.90 Å². The number of hydrogen-bond donors (Lipinski definition) is 2. The number of aryl methyl sites for hydroxylation is 1. The molecule has 1 aromatic carbocycles. The van der Waals surface area contributed by atoms with Crippen LogP contribution in [0.25, 0.3) is 0 Å². The van der Waals surface area contributed by atoms with Crippen molar-refractivity contribution >= 4 is 11.7 Å². The van der Waals surface area contributed by atoms with E-state index >= 15 is 0 Å². The van der Waals surface area contributed by atoms with Crippen LogP contribution in [-0.4, -0.2) is 42.2 Å². The molecule has 0 atom stereocenters. The number of carboxylic acid groups (broad SMARTS) is 1. The van der Waals surface area contributed by atoms with Gasteiger partial charge in [0.2, 0.25) is 0 Å². The van der Waals surface area contributed by atoms with Crippen LogP contribution in [-0.2, 0) is 0 Å². The van der Waals surface area contributed by atoms with Crippen LogP contribution in [0, 0.1) is 6.92 Å². The Hall–Kier alpha value is -1.55. The second kappa shape index (κ2) is 7.01. The predicted octanol–water partition coefficient (Wildman–Crippen LogP) is 2.45. The van der Waals surface area contributed by atoms with Crippen LogP contribution in [0.3, 0.4) is 0 Å². The Kier molecular flexibility index (Phi) is 5.65. The molecule has 1 rings (SSSR count). The number of nitrogens with zero attached hydrogens (tertiary/aromatic N) is 1. The van der Waals surface area contributed by atoms with E-state index in [9.17, 15) is 4.79 Å². The fourth-order valence-electron chi connectivity index (χ4n) is 1.88. The predicted molar refractivity (Wildman–Crippen MR) is 74.4 cm³/mol. The van der Waals surface area contributed by atoms with Gasteiger partial charge in [-0.2, -0.15) is 0 Å². The number of hydrogen-bond acceptors (Lipinski definition) is 3. The van der Waals surface area contributed by atoms with Crippen molar-refractivity contribution in [3.05, 3.63) is 29.3 Å². The van der Waals surface area contributed by atoms with Crippen LogP contribution in [0.4, 0.5) is 5.69 Å². The van der Waals surface area contributed by atoms with Crippen molar-refractivity contribution in [2.45, 2.75) is 20.8 Å². The molecular formula is C14H22N2O2. The number of likely N-dealkylation sites (N-methyl/N-ethyl adjacent to an activating group) is 1. The maximum absolute atomic E-state index is 11.1. The van der Waals surface area contributed by atoms with Crippen LogP contribution in [0.5, 0.6) is 0 Å². The largest absolute Gasteiger partial charge is 0.478 e. The molecule has 2 N–H and O–H groups in total. The smallest absolute Gasteiger partial charge is 0.337 e. The van der Waals surface area contributed by atoms with Gasteiger partial charge >= 0.3 is 5.97 Å². The molecule has 4 nitrogen and oxygen atoms in total. The Labute approximate surface area is 109 Å². The van der Waals surface area contributed by atoms with E-state index in [1.807, 2.05) is 19.1 Å². The first-order valence-corrected chi connectivity index (χ1v) is 6.38. The molecule has 1 aromatic rings. The molecule has 0 heterocycles. The lowest BCUT2D eigenvalue weighted by Gasteiger charge is -2.19. The average Bonchev–Trinajstić information content (AvgIpc) is 2.34. The Morgan fingerprint density at radius 2 is 2.00 bits per heavy atom. The fraction of sp³-hybridized carbons (Fsp3) is 0.500. The zero-order valence-corrected chi connectivity index (χ0v) is 11.4. The monoisotopic (exact) mass is 250 g/mol. The van der Waals surface area contributed by atoms with Gasteiger partial charge in [-0.3, -0.25) is 0 Å². The minimum Gasteiger partial charge on any atom is -0.478 e. The number of carbonyl (C=O) groups is 1. The van der Waals surface area contributed by atoms with Crippen LogP contribution in [0.2, 0.25) is 0 Å². The fourth-order valence-corrected chi connectivity index (χ4v) is 1.88. The van der Waals surface area contributed by atoms with Crippen molar-refractivity contribution in [3.63, 3.8) is 0 Å². The molecule has 0 aliphatic carbocycles. The van der Waals surface area contributed by atoms with Gasteiger partial charge < -0.3 is 15.3 Å². The van der Waals surface area contributed by atoms with Crippen molar-refractivity contribution in [1.29, 1.82) is 0 Å². The minimum atomic E-state index is -0.889. The van der Waals surface area contributed by atoms with Crippen molar-refractivity contribution in [1.82, 2.24) is 4.90 Å². The topological polar surface area (TPSA) is 52.6 Å². The molecule has 18 heavy (non-hydrogen) atoms. The highest BCUT2D eigenvalue weighted by Gasteiger charge is 2.09. The van der Waals surface area contributed by atoms with Crippen molar-refractivity contribution in [2.75, 3.05) is 31.5 Å². The first-order valence-electron chi connectivity index (χ1n) is 6.38. The van der Waals surface area contributed by atoms with Gasteiger partial charge in [0.05, 0.1) is 5.56 Å². The Morgan fingerprint density at radius 3 is 2.56 bits per heavy atom. The Bertz CT molecular complexity index is 401. The summed E-state index contributed by atoms with van der Waals surface area (Å²) in [6, 6.07) is 5.35. The molecule has 0 spiro atoms. The number of aromatic carboxylic acids is 1. The van der Waals surface area contributed by atoms with E-state index in [0.717, 1.165) is 31.7 Å². The molecule has 0 aromatic heterocycles. The van der Waals surface area contributed by atoms with Crippen LogP contribution in [0.1, 0.15) is 29.8 Å². The molecule has 0 amide bonds. The maximum Gasteiger partial charge on any atom is 0.337 e. The van der Waals surface area contributed by atoms with Gasteiger partial charge in [0.15, 0.2) is 0 Å². The van der Waals surface area contributed by atoms with Crippen LogP contribution in [0.15, 0.2) is 18.2 Å². The van der Waals surface area contributed by atoms with Gasteiger partial charge in [-0.05, 0) is 37.7 Å². The molecule has 4 heteroatoms. The summed E-state index contributed by atoms with van der Waals surface area (Å²) >= 11 is 0. The number of rotatable bonds is 7. The third kappa shape index (κ3) is 4.04. The third-order valence-electron chi connectivity index (χ3n) is 3.04. The number of nitrogens with one attached hydrogen (secondary N) is 1. The number of benzene rings is 1. The normalized spacial score (nSPS) is 10.7. The van der Waals surface area contributed by atoms with Crippen molar-refractivity contribution in [2.24, 2.45) is 0 Å². The number of anilines is 1. The molecule has 0 saturated carbocycles. The van der Waals surface area contributed by atoms with Gasteiger partial charge in [-0.1, -0.05) is 19.9 Å². The molecule has 0 aliphatic heterocycles. The second-order valence-electron chi connectivity index (χ2n) is 4.31. The SMILES string of the molecule is CCN(CC)CCNc1cc(C)ccc1C(=O)O. The summed E-state index contributed by atoms with van der Waals surface area (Å²) in [5.41, 5.74) is 2.10. The highest BCUT2D eigenvalue weighted by molar-refractivity contribution is 5.94. The zero-order valence-electron chi connectivity index (χ0n) is 11.4. The average molecular weight is 250 g/mol. The minimum absolute atomic E-state index is 0.333. The lowest BCUT2D eigenvalue weighted by Crippen LogP contribution is -2.28. The molecule has 0 bridgehead atoms. The number of carboxylic acids is 1. The van der Waals surface area contributed by atoms with E-state index in [1.165, 1.54) is 0 Å². The van der Waals surface area contributed by atoms with E-state index in [2.05, 4.69) is 24.1 Å². The summed E-state index contributed by atoms with van der Waals surface area (Å²) in [6.07, 6.45) is 0. The molecular weight excluding hydrogens is 228 g/mol. The van der Waals surface area contributed by atoms with Crippen LogP contribution < -0.4 is 5.32 Å². The molecule has 0 fully saturated rings. The van der Waals surface area contributed by atoms with E-state index in [4.69, 9.17) is 5.11 Å². The Balaban J connectivity index is 2.66. The standard InChI is InChI=1S/C14H22N2O2/c1-4-16(5-2)9-8-15-13-10-11(3)6-7-12(13)14(17)18/h6-7,10,15H,4-5,8-9H2,1-3H3,(H,17,18). The third-order valence-corrected chi connectivity index (χ3v) is 3.04. The van der Waals surface area contributed by atoms with Gasteiger partial charge in [-0.15, -0.1) is 0 Å². The molecule has 0 saturated heterocycles. The zero-order chi connectivity index (χ0) is 13.5. The second-order valence-corrected chi connectivity index (χ2v) is 4.31. The quantitative estimate of drug-likeness (QED) is 0.780. The lowest BCUT2D eigenvalue weighted by molar-refractivity contribution is 0.0698. The van der Waals surface area contributed by atoms with Gasteiger partial charge in [0.25, 0.3) is 0 Å². The molecule has 0 radical (unpaired) electrons. The summed E-state index contributed by atoms with van der Waals surface area (Å²) in [4.78, 5) is 13.4. The summed E-state index contributed by atoms with van der Waals surface area (Å²) in [5, 5.41) is 12.3. The summed E-state index contributed by atoms with van der Waals surface area (Å²) in [7, 11) is 0.